The zero-order valence-corrected chi connectivity index (χ0v) is 20.8. The van der Waals surface area contributed by atoms with E-state index >= 15 is 4.39 Å². The van der Waals surface area contributed by atoms with Crippen LogP contribution in [0.25, 0.3) is 11.0 Å². The third-order valence-corrected chi connectivity index (χ3v) is 4.84. The number of unbranched alkanes of at least 4 members (excludes halogenated alkanes) is 2. The number of hydrogen-bond donors (Lipinski definition) is 3. The van der Waals surface area contributed by atoms with Crippen LogP contribution in [0.2, 0.25) is 0 Å². The second-order valence-electron chi connectivity index (χ2n) is 7.21. The molecule has 0 fully saturated rings. The van der Waals surface area contributed by atoms with Crippen LogP contribution >= 0.6 is 0 Å². The molecule has 8 nitrogen and oxygen atoms in total. The van der Waals surface area contributed by atoms with Gasteiger partial charge in [-0.3, -0.25) is 14.4 Å². The normalized spacial score (nSPS) is 10.0. The zero-order chi connectivity index (χ0) is 26.4. The van der Waals surface area contributed by atoms with Crippen molar-refractivity contribution in [3.63, 3.8) is 0 Å². The Labute approximate surface area is 204 Å². The maximum atomic E-state index is 15.3. The van der Waals surface area contributed by atoms with E-state index in [9.17, 15) is 9.18 Å². The number of halogens is 2. The highest BCUT2D eigenvalue weighted by atomic mass is 19.1. The Kier molecular flexibility index (Phi) is 13.0. The van der Waals surface area contributed by atoms with Crippen molar-refractivity contribution in [2.75, 3.05) is 11.9 Å². The van der Waals surface area contributed by atoms with Crippen LogP contribution in [-0.4, -0.2) is 33.6 Å². The van der Waals surface area contributed by atoms with Crippen LogP contribution in [0.3, 0.4) is 0 Å². The number of imidazole rings is 1. The summed E-state index contributed by atoms with van der Waals surface area (Å²) >= 11 is 0. The number of carboxylic acid groups (broad SMARTS) is 1. The second kappa shape index (κ2) is 15.4. The van der Waals surface area contributed by atoms with Crippen LogP contribution in [0.1, 0.15) is 62.9 Å². The van der Waals surface area contributed by atoms with Gasteiger partial charge >= 0.3 is 0 Å². The van der Waals surface area contributed by atoms with Gasteiger partial charge in [-0.25, -0.2) is 19.2 Å². The average Bonchev–Trinajstić information content (AvgIpc) is 3.27. The fourth-order valence-corrected chi connectivity index (χ4v) is 3.16. The summed E-state index contributed by atoms with van der Waals surface area (Å²) in [7, 11) is 0. The molecule has 3 rings (SSSR count). The molecule has 0 saturated heterocycles. The van der Waals surface area contributed by atoms with Gasteiger partial charge in [-0.1, -0.05) is 39.7 Å². The Bertz CT molecular complexity index is 1100. The van der Waals surface area contributed by atoms with Crippen LogP contribution in [-0.2, 0) is 16.2 Å². The Balaban J connectivity index is 0.00000114. The molecule has 1 heterocycles. The van der Waals surface area contributed by atoms with E-state index in [1.54, 1.807) is 17.6 Å². The van der Waals surface area contributed by atoms with Crippen LogP contribution in [0, 0.1) is 18.6 Å². The van der Waals surface area contributed by atoms with Crippen molar-refractivity contribution in [1.29, 1.82) is 0 Å². The second-order valence-corrected chi connectivity index (χ2v) is 7.21. The Hall–Kier alpha value is -3.53. The molecule has 0 bridgehead atoms. The van der Waals surface area contributed by atoms with E-state index in [2.05, 4.69) is 22.7 Å². The fraction of sp³-hybridized carbons (Fsp3) is 0.400. The average molecular weight is 493 g/mol. The van der Waals surface area contributed by atoms with Gasteiger partial charge < -0.3 is 15.0 Å². The third kappa shape index (κ3) is 8.03. The minimum atomic E-state index is -0.726. The molecule has 1 amide bonds. The number of nitrogens with one attached hydrogen (secondary N) is 2. The quantitative estimate of drug-likeness (QED) is 0.193. The Morgan fingerprint density at radius 1 is 1.20 bits per heavy atom. The van der Waals surface area contributed by atoms with E-state index in [0.717, 1.165) is 24.8 Å². The molecule has 35 heavy (non-hydrogen) atoms. The highest BCUT2D eigenvalue weighted by Crippen LogP contribution is 2.32. The molecular weight excluding hydrogens is 458 g/mol. The molecule has 2 aromatic carbocycles. The number of fused-ring (bicyclic) bond motifs is 1. The molecule has 0 unspecified atom stereocenters. The summed E-state index contributed by atoms with van der Waals surface area (Å²) in [5.74, 6) is -1.89. The van der Waals surface area contributed by atoms with Crippen molar-refractivity contribution in [1.82, 2.24) is 15.0 Å². The lowest BCUT2D eigenvalue weighted by Crippen LogP contribution is -2.25. The molecule has 0 spiro atoms. The van der Waals surface area contributed by atoms with Gasteiger partial charge in [0, 0.05) is 6.54 Å². The molecule has 0 aliphatic rings. The first-order valence-corrected chi connectivity index (χ1v) is 11.6. The number of amides is 1. The molecular formula is C25H34F2N4O4. The number of aryl methyl sites for hydroxylation is 2. The third-order valence-electron chi connectivity index (χ3n) is 4.84. The van der Waals surface area contributed by atoms with E-state index in [1.165, 1.54) is 24.5 Å². The first kappa shape index (κ1) is 29.5. The van der Waals surface area contributed by atoms with Crippen LogP contribution in [0.5, 0.6) is 0 Å². The molecule has 192 valence electrons. The largest absolute Gasteiger partial charge is 0.483 e. The number of hydrogen-bond acceptors (Lipinski definition) is 5. The van der Waals surface area contributed by atoms with Crippen molar-refractivity contribution < 1.29 is 28.3 Å². The molecule has 3 N–H and O–H groups in total. The maximum Gasteiger partial charge on any atom is 0.290 e. The lowest BCUT2D eigenvalue weighted by molar-refractivity contribution is -0.122. The minimum Gasteiger partial charge on any atom is -0.483 e. The van der Waals surface area contributed by atoms with Crippen molar-refractivity contribution in [3.8, 4) is 0 Å². The number of aromatic nitrogens is 2. The summed E-state index contributed by atoms with van der Waals surface area (Å²) in [5, 5.41) is 9.62. The summed E-state index contributed by atoms with van der Waals surface area (Å²) < 4.78 is 31.4. The SMILES string of the molecule is CC.CCCCCONC(=O)c1cc2c(ncn2CC)c(F)c1Nc1ccc(C)cc1F.O=CO. The highest BCUT2D eigenvalue weighted by molar-refractivity contribution is 6.04. The summed E-state index contributed by atoms with van der Waals surface area (Å²) in [6.07, 6.45) is 4.31. The molecule has 0 atom stereocenters. The van der Waals surface area contributed by atoms with E-state index < -0.39 is 17.5 Å². The van der Waals surface area contributed by atoms with Crippen LogP contribution in [0.4, 0.5) is 20.2 Å². The number of carbonyl (C=O) groups excluding carboxylic acids is 1. The van der Waals surface area contributed by atoms with Crippen LogP contribution < -0.4 is 10.8 Å². The van der Waals surface area contributed by atoms with E-state index in [-0.39, 0.29) is 28.9 Å². The van der Waals surface area contributed by atoms with Gasteiger partial charge in [0.2, 0.25) is 0 Å². The minimum absolute atomic E-state index is 0.00525. The molecule has 1 aromatic heterocycles. The molecule has 0 radical (unpaired) electrons. The Morgan fingerprint density at radius 2 is 1.89 bits per heavy atom. The lowest BCUT2D eigenvalue weighted by atomic mass is 10.1. The zero-order valence-electron chi connectivity index (χ0n) is 20.8. The summed E-state index contributed by atoms with van der Waals surface area (Å²) in [6, 6.07) is 6.07. The monoisotopic (exact) mass is 492 g/mol. The predicted molar refractivity (Wildman–Crippen MR) is 133 cm³/mol. The number of benzene rings is 2. The van der Waals surface area contributed by atoms with E-state index in [1.807, 2.05) is 20.8 Å². The topological polar surface area (TPSA) is 105 Å². The summed E-state index contributed by atoms with van der Waals surface area (Å²) in [6.45, 7) is 10.4. The van der Waals surface area contributed by atoms with Gasteiger partial charge in [-0.15, -0.1) is 0 Å². The predicted octanol–water partition coefficient (Wildman–Crippen LogP) is 5.97. The van der Waals surface area contributed by atoms with Crippen molar-refractivity contribution in [2.24, 2.45) is 0 Å². The smallest absolute Gasteiger partial charge is 0.290 e. The van der Waals surface area contributed by atoms with Gasteiger partial charge in [0.05, 0.1) is 35.4 Å². The number of rotatable bonds is 9. The molecule has 0 saturated carbocycles. The first-order valence-electron chi connectivity index (χ1n) is 11.6. The molecule has 0 aliphatic heterocycles. The molecule has 3 aromatic rings. The first-order chi connectivity index (χ1) is 16.9. The van der Waals surface area contributed by atoms with Crippen molar-refractivity contribution in [2.45, 2.75) is 60.4 Å². The van der Waals surface area contributed by atoms with Crippen molar-refractivity contribution in [3.05, 3.63) is 53.4 Å². The maximum absolute atomic E-state index is 15.3. The van der Waals surface area contributed by atoms with E-state index in [0.29, 0.717) is 18.7 Å². The summed E-state index contributed by atoms with van der Waals surface area (Å²) in [5.41, 5.74) is 3.58. The van der Waals surface area contributed by atoms with E-state index in [4.69, 9.17) is 14.7 Å². The standard InChI is InChI=1S/C22H26F2N4O2.C2H6.CH2O2/c1-4-6-7-10-30-27-22(29)15-12-18-21(25-13-28(18)5-2)19(24)20(15)26-17-9-8-14(3)11-16(17)23;1-2;2-1-3/h8-9,11-13,26H,4-7,10H2,1-3H3,(H,27,29);1-2H3;1H,(H,2,3). The van der Waals surface area contributed by atoms with Crippen molar-refractivity contribution >= 4 is 34.8 Å². The van der Waals surface area contributed by atoms with Gasteiger partial charge in [-0.2, -0.15) is 0 Å². The fourth-order valence-electron chi connectivity index (χ4n) is 3.16. The lowest BCUT2D eigenvalue weighted by Gasteiger charge is -2.15. The summed E-state index contributed by atoms with van der Waals surface area (Å²) in [4.78, 5) is 30.5. The van der Waals surface area contributed by atoms with Gasteiger partial charge in [-0.05, 0) is 44.0 Å². The number of anilines is 2. The van der Waals surface area contributed by atoms with Gasteiger partial charge in [0.25, 0.3) is 12.4 Å². The Morgan fingerprint density at radius 3 is 2.49 bits per heavy atom. The number of hydroxylamine groups is 1. The highest BCUT2D eigenvalue weighted by Gasteiger charge is 2.22. The van der Waals surface area contributed by atoms with Gasteiger partial charge in [0.15, 0.2) is 5.82 Å². The van der Waals surface area contributed by atoms with Crippen LogP contribution in [0.15, 0.2) is 30.6 Å². The van der Waals surface area contributed by atoms with Gasteiger partial charge in [0.1, 0.15) is 11.3 Å². The number of carbonyl (C=O) groups is 2. The molecule has 10 heteroatoms. The molecule has 0 aliphatic carbocycles. The number of nitrogens with zero attached hydrogens (tertiary/aromatic N) is 2.